The summed E-state index contributed by atoms with van der Waals surface area (Å²) in [5.74, 6) is -0.885. The van der Waals surface area contributed by atoms with E-state index >= 15 is 0 Å². The second-order valence-corrected chi connectivity index (χ2v) is 20.6. The average molecular weight is 1040 g/mol. The van der Waals surface area contributed by atoms with Crippen molar-refractivity contribution in [2.24, 2.45) is 0 Å². The lowest BCUT2D eigenvalue weighted by molar-refractivity contribution is -0.167. The van der Waals surface area contributed by atoms with Crippen molar-refractivity contribution in [3.8, 4) is 0 Å². The Morgan fingerprint density at radius 3 is 0.813 bits per heavy atom. The van der Waals surface area contributed by atoms with Crippen LogP contribution in [0.1, 0.15) is 290 Å². The summed E-state index contributed by atoms with van der Waals surface area (Å²) in [5, 5.41) is 0. The van der Waals surface area contributed by atoms with Crippen LogP contribution in [-0.4, -0.2) is 37.2 Å². The lowest BCUT2D eigenvalue weighted by Gasteiger charge is -2.18. The van der Waals surface area contributed by atoms with E-state index in [0.29, 0.717) is 19.3 Å². The van der Waals surface area contributed by atoms with E-state index in [1.807, 2.05) is 0 Å². The number of allylic oxidation sites excluding steroid dienone is 18. The summed E-state index contributed by atoms with van der Waals surface area (Å²) in [7, 11) is 0. The molecule has 0 radical (unpaired) electrons. The highest BCUT2D eigenvalue weighted by Gasteiger charge is 2.19. The summed E-state index contributed by atoms with van der Waals surface area (Å²) in [6.45, 7) is 6.51. The molecule has 0 rings (SSSR count). The Bertz CT molecular complexity index is 1520. The van der Waals surface area contributed by atoms with E-state index in [4.69, 9.17) is 14.2 Å². The van der Waals surface area contributed by atoms with Gasteiger partial charge in [-0.05, 0) is 89.9 Å². The van der Waals surface area contributed by atoms with E-state index in [1.165, 1.54) is 128 Å². The van der Waals surface area contributed by atoms with Crippen LogP contribution in [-0.2, 0) is 28.6 Å². The van der Waals surface area contributed by atoms with Gasteiger partial charge in [-0.3, -0.25) is 14.4 Å². The molecule has 0 aromatic heterocycles. The van der Waals surface area contributed by atoms with Crippen LogP contribution in [0.15, 0.2) is 109 Å². The summed E-state index contributed by atoms with van der Waals surface area (Å²) in [6.07, 6.45) is 85.3. The molecule has 0 aliphatic carbocycles. The highest BCUT2D eigenvalue weighted by Crippen LogP contribution is 2.16. The normalized spacial score (nSPS) is 12.8. The number of esters is 3. The van der Waals surface area contributed by atoms with Crippen LogP contribution in [0.25, 0.3) is 0 Å². The summed E-state index contributed by atoms with van der Waals surface area (Å²) in [4.78, 5) is 38.1. The summed E-state index contributed by atoms with van der Waals surface area (Å²) >= 11 is 0. The number of rotatable bonds is 56. The van der Waals surface area contributed by atoms with Crippen molar-refractivity contribution in [2.75, 3.05) is 13.2 Å². The number of carbonyl (C=O) groups excluding carboxylic acids is 3. The molecule has 0 fully saturated rings. The highest BCUT2D eigenvalue weighted by molar-refractivity contribution is 5.71. The molecular formula is C69H116O6. The Morgan fingerprint density at radius 1 is 0.280 bits per heavy atom. The zero-order chi connectivity index (χ0) is 54.3. The van der Waals surface area contributed by atoms with Crippen molar-refractivity contribution < 1.29 is 28.6 Å². The van der Waals surface area contributed by atoms with Crippen molar-refractivity contribution in [3.63, 3.8) is 0 Å². The maximum Gasteiger partial charge on any atom is 0.306 e. The molecule has 0 aromatic carbocycles. The molecule has 0 heterocycles. The first-order valence-corrected chi connectivity index (χ1v) is 31.4. The van der Waals surface area contributed by atoms with Crippen LogP contribution >= 0.6 is 0 Å². The lowest BCUT2D eigenvalue weighted by atomic mass is 10.1. The van der Waals surface area contributed by atoms with Crippen molar-refractivity contribution in [1.29, 1.82) is 0 Å². The molecule has 0 amide bonds. The Kier molecular flexibility index (Phi) is 59.3. The predicted molar refractivity (Wildman–Crippen MR) is 325 cm³/mol. The Balaban J connectivity index is 4.16. The number of unbranched alkanes of at least 4 members (excludes halogenated alkanes) is 27. The quantitative estimate of drug-likeness (QED) is 0.0261. The van der Waals surface area contributed by atoms with E-state index in [2.05, 4.69) is 130 Å². The SMILES string of the molecule is CC/C=C\C/C=C\C/C=C\C/C=C\C/C=C\C/C=C\C/C=C\C/C=C\C/C=C\CCCCCCCCCC(=O)OCC(COC(=O)CCCCCCCCCCCCC)OC(=O)CCCCCCCCCCCCC. The van der Waals surface area contributed by atoms with Crippen LogP contribution in [0.4, 0.5) is 0 Å². The number of hydrogen-bond acceptors (Lipinski definition) is 6. The molecule has 0 saturated heterocycles. The molecule has 0 N–H and O–H groups in total. The topological polar surface area (TPSA) is 78.9 Å². The van der Waals surface area contributed by atoms with Gasteiger partial charge in [0.2, 0.25) is 0 Å². The first kappa shape index (κ1) is 71.1. The van der Waals surface area contributed by atoms with E-state index in [1.54, 1.807) is 0 Å². The zero-order valence-corrected chi connectivity index (χ0v) is 49.0. The lowest BCUT2D eigenvalue weighted by Crippen LogP contribution is -2.30. The molecule has 6 nitrogen and oxygen atoms in total. The monoisotopic (exact) mass is 1040 g/mol. The molecule has 1 atom stereocenters. The average Bonchev–Trinajstić information content (AvgIpc) is 3.41. The second-order valence-electron chi connectivity index (χ2n) is 20.6. The summed E-state index contributed by atoms with van der Waals surface area (Å²) < 4.78 is 16.8. The van der Waals surface area contributed by atoms with Gasteiger partial charge in [-0.2, -0.15) is 0 Å². The van der Waals surface area contributed by atoms with Gasteiger partial charge in [-0.15, -0.1) is 0 Å². The van der Waals surface area contributed by atoms with Gasteiger partial charge in [0, 0.05) is 19.3 Å². The Labute approximate surface area is 463 Å². The minimum absolute atomic E-state index is 0.0773. The number of ether oxygens (including phenoxy) is 3. The molecular weight excluding hydrogens is 925 g/mol. The molecule has 6 heteroatoms. The molecule has 428 valence electrons. The van der Waals surface area contributed by atoms with Crippen molar-refractivity contribution in [2.45, 2.75) is 297 Å². The number of carbonyl (C=O) groups is 3. The van der Waals surface area contributed by atoms with Crippen LogP contribution in [0.5, 0.6) is 0 Å². The third-order valence-corrected chi connectivity index (χ3v) is 13.3. The molecule has 0 aromatic rings. The van der Waals surface area contributed by atoms with Crippen LogP contribution in [0.2, 0.25) is 0 Å². The van der Waals surface area contributed by atoms with Gasteiger partial charge < -0.3 is 14.2 Å². The maximum atomic E-state index is 12.8. The Hall–Kier alpha value is -3.93. The fourth-order valence-electron chi connectivity index (χ4n) is 8.61. The van der Waals surface area contributed by atoms with Gasteiger partial charge >= 0.3 is 17.9 Å². The van der Waals surface area contributed by atoms with Crippen molar-refractivity contribution in [1.82, 2.24) is 0 Å². The van der Waals surface area contributed by atoms with Crippen LogP contribution in [0, 0.1) is 0 Å². The van der Waals surface area contributed by atoms with Gasteiger partial charge in [0.1, 0.15) is 13.2 Å². The molecule has 75 heavy (non-hydrogen) atoms. The maximum absolute atomic E-state index is 12.8. The highest BCUT2D eigenvalue weighted by atomic mass is 16.6. The minimum Gasteiger partial charge on any atom is -0.462 e. The van der Waals surface area contributed by atoms with Crippen LogP contribution < -0.4 is 0 Å². The summed E-state index contributed by atoms with van der Waals surface area (Å²) in [5.41, 5.74) is 0. The molecule has 0 bridgehead atoms. The predicted octanol–water partition coefficient (Wildman–Crippen LogP) is 21.4. The summed E-state index contributed by atoms with van der Waals surface area (Å²) in [6, 6.07) is 0. The molecule has 1 unspecified atom stereocenters. The standard InChI is InChI=1S/C69H116O6/c1-4-7-10-13-16-19-22-23-24-25-26-27-28-29-30-31-32-33-34-35-36-37-38-39-40-41-42-43-44-45-48-50-53-56-59-62-68(71)74-65-66(75-69(72)63-60-57-54-51-47-21-18-15-12-9-6-3)64-73-67(70)61-58-55-52-49-46-20-17-14-11-8-5-2/h7,10,16,19,23-24,26-27,29-30,32-33,35-36,38-39,41-42,66H,4-6,8-9,11-15,17-18,20-22,25,28,31,34,37,40,43-65H2,1-3H3/b10-7-,19-16-,24-23-,27-26-,30-29-,33-32-,36-35-,39-38-,42-41-. The fraction of sp³-hybridized carbons (Fsp3) is 0.696. The molecule has 0 saturated carbocycles. The van der Waals surface area contributed by atoms with Crippen LogP contribution in [0.3, 0.4) is 0 Å². The van der Waals surface area contributed by atoms with Gasteiger partial charge in [0.15, 0.2) is 6.10 Å². The fourth-order valence-corrected chi connectivity index (χ4v) is 8.61. The zero-order valence-electron chi connectivity index (χ0n) is 49.0. The molecule has 0 spiro atoms. The van der Waals surface area contributed by atoms with Gasteiger partial charge in [0.25, 0.3) is 0 Å². The molecule has 0 aliphatic heterocycles. The van der Waals surface area contributed by atoms with Gasteiger partial charge in [-0.1, -0.05) is 291 Å². The smallest absolute Gasteiger partial charge is 0.306 e. The van der Waals surface area contributed by atoms with E-state index in [-0.39, 0.29) is 31.1 Å². The van der Waals surface area contributed by atoms with E-state index in [0.717, 1.165) is 122 Å². The van der Waals surface area contributed by atoms with Crippen molar-refractivity contribution >= 4 is 17.9 Å². The van der Waals surface area contributed by atoms with Gasteiger partial charge in [-0.25, -0.2) is 0 Å². The van der Waals surface area contributed by atoms with Crippen molar-refractivity contribution in [3.05, 3.63) is 109 Å². The first-order valence-electron chi connectivity index (χ1n) is 31.4. The largest absolute Gasteiger partial charge is 0.462 e. The third kappa shape index (κ3) is 60.8. The molecule has 0 aliphatic rings. The Morgan fingerprint density at radius 2 is 0.520 bits per heavy atom. The second kappa shape index (κ2) is 62.6. The third-order valence-electron chi connectivity index (χ3n) is 13.3. The minimum atomic E-state index is -0.778. The first-order chi connectivity index (χ1) is 37.0. The number of hydrogen-bond donors (Lipinski definition) is 0. The van der Waals surface area contributed by atoms with Gasteiger partial charge in [0.05, 0.1) is 0 Å². The van der Waals surface area contributed by atoms with E-state index in [9.17, 15) is 14.4 Å². The van der Waals surface area contributed by atoms with E-state index < -0.39 is 6.10 Å².